The second kappa shape index (κ2) is 6.70. The van der Waals surface area contributed by atoms with Crippen LogP contribution in [0.1, 0.15) is 23.6 Å². The molecule has 0 bridgehead atoms. The van der Waals surface area contributed by atoms with Gasteiger partial charge in [0.05, 0.1) is 11.0 Å². The van der Waals surface area contributed by atoms with Crippen LogP contribution in [0.2, 0.25) is 0 Å². The first-order chi connectivity index (χ1) is 11.6. The lowest BCUT2D eigenvalue weighted by Gasteiger charge is -2.25. The summed E-state index contributed by atoms with van der Waals surface area (Å²) in [5.41, 5.74) is 2.29. The highest BCUT2D eigenvalue weighted by Crippen LogP contribution is 2.35. The van der Waals surface area contributed by atoms with Crippen molar-refractivity contribution in [2.75, 3.05) is 13.7 Å². The zero-order valence-electron chi connectivity index (χ0n) is 13.3. The van der Waals surface area contributed by atoms with Gasteiger partial charge in [-0.05, 0) is 30.0 Å². The SMILES string of the molecule is CN(C(=O)COc1ccccc1[N+](=O)[O-])C1CCc2ccccc21. The molecule has 3 rings (SSSR count). The summed E-state index contributed by atoms with van der Waals surface area (Å²) in [4.78, 5) is 24.6. The van der Waals surface area contributed by atoms with Crippen molar-refractivity contribution in [3.63, 3.8) is 0 Å². The maximum Gasteiger partial charge on any atom is 0.310 e. The predicted octanol–water partition coefficient (Wildman–Crippen LogP) is 3.12. The average molecular weight is 326 g/mol. The van der Waals surface area contributed by atoms with E-state index in [0.717, 1.165) is 12.8 Å². The molecule has 6 heteroatoms. The third kappa shape index (κ3) is 3.08. The first kappa shape index (κ1) is 16.0. The van der Waals surface area contributed by atoms with E-state index in [4.69, 9.17) is 4.74 Å². The number of ether oxygens (including phenoxy) is 1. The van der Waals surface area contributed by atoms with Gasteiger partial charge in [-0.3, -0.25) is 14.9 Å². The highest BCUT2D eigenvalue weighted by Gasteiger charge is 2.28. The number of fused-ring (bicyclic) bond motifs is 1. The molecule has 1 unspecified atom stereocenters. The van der Waals surface area contributed by atoms with Gasteiger partial charge in [-0.25, -0.2) is 0 Å². The molecule has 1 atom stereocenters. The molecule has 6 nitrogen and oxygen atoms in total. The van der Waals surface area contributed by atoms with E-state index in [1.165, 1.54) is 23.3 Å². The van der Waals surface area contributed by atoms with E-state index in [0.29, 0.717) is 0 Å². The average Bonchev–Trinajstić information content (AvgIpc) is 3.03. The van der Waals surface area contributed by atoms with Crippen molar-refractivity contribution < 1.29 is 14.5 Å². The summed E-state index contributed by atoms with van der Waals surface area (Å²) < 4.78 is 5.40. The number of carbonyl (C=O) groups excluding carboxylic acids is 1. The molecule has 0 N–H and O–H groups in total. The number of nitro groups is 1. The molecule has 0 aromatic heterocycles. The smallest absolute Gasteiger partial charge is 0.310 e. The Balaban J connectivity index is 1.67. The molecule has 2 aromatic carbocycles. The lowest BCUT2D eigenvalue weighted by atomic mass is 10.1. The number of likely N-dealkylation sites (N-methyl/N-ethyl adjacent to an activating group) is 1. The molecule has 24 heavy (non-hydrogen) atoms. The number of carbonyl (C=O) groups is 1. The summed E-state index contributed by atoms with van der Waals surface area (Å²) in [5, 5.41) is 11.0. The number of nitro benzene ring substituents is 1. The van der Waals surface area contributed by atoms with Crippen molar-refractivity contribution >= 4 is 11.6 Å². The minimum atomic E-state index is -0.517. The minimum Gasteiger partial charge on any atom is -0.477 e. The topological polar surface area (TPSA) is 72.7 Å². The highest BCUT2D eigenvalue weighted by atomic mass is 16.6. The number of amides is 1. The number of hydrogen-bond donors (Lipinski definition) is 0. The van der Waals surface area contributed by atoms with E-state index < -0.39 is 4.92 Å². The molecule has 0 heterocycles. The van der Waals surface area contributed by atoms with Crippen molar-refractivity contribution in [1.82, 2.24) is 4.90 Å². The maximum atomic E-state index is 12.4. The zero-order chi connectivity index (χ0) is 17.1. The summed E-state index contributed by atoms with van der Waals surface area (Å²) in [6, 6.07) is 14.2. The Bertz CT molecular complexity index is 775. The van der Waals surface area contributed by atoms with E-state index in [9.17, 15) is 14.9 Å². The Kier molecular flexibility index (Phi) is 4.46. The molecule has 0 saturated carbocycles. The fraction of sp³-hybridized carbons (Fsp3) is 0.278. The lowest BCUT2D eigenvalue weighted by Crippen LogP contribution is -2.34. The molecule has 124 valence electrons. The van der Waals surface area contributed by atoms with Gasteiger partial charge in [0.1, 0.15) is 0 Å². The molecule has 2 aromatic rings. The maximum absolute atomic E-state index is 12.4. The molecule has 0 fully saturated rings. The molecule has 1 amide bonds. The molecule has 0 aliphatic heterocycles. The van der Waals surface area contributed by atoms with Crippen LogP contribution in [0.3, 0.4) is 0 Å². The summed E-state index contributed by atoms with van der Waals surface area (Å²) in [6.07, 6.45) is 1.83. The van der Waals surface area contributed by atoms with Crippen molar-refractivity contribution in [3.8, 4) is 5.75 Å². The summed E-state index contributed by atoms with van der Waals surface area (Å²) in [5.74, 6) is -0.0917. The van der Waals surface area contributed by atoms with Crippen LogP contribution in [0, 0.1) is 10.1 Å². The fourth-order valence-corrected chi connectivity index (χ4v) is 3.08. The number of benzene rings is 2. The molecule has 0 spiro atoms. The van der Waals surface area contributed by atoms with Crippen LogP contribution in [-0.2, 0) is 11.2 Å². The number of nitrogens with zero attached hydrogens (tertiary/aromatic N) is 2. The first-order valence-corrected chi connectivity index (χ1v) is 7.77. The summed E-state index contributed by atoms with van der Waals surface area (Å²) >= 11 is 0. The van der Waals surface area contributed by atoms with Gasteiger partial charge in [0.2, 0.25) is 0 Å². The highest BCUT2D eigenvalue weighted by molar-refractivity contribution is 5.78. The minimum absolute atomic E-state index is 0.0306. The zero-order valence-corrected chi connectivity index (χ0v) is 13.3. The number of para-hydroxylation sites is 2. The number of rotatable bonds is 5. The third-order valence-electron chi connectivity index (χ3n) is 4.38. The third-order valence-corrected chi connectivity index (χ3v) is 4.38. The van der Waals surface area contributed by atoms with Crippen LogP contribution in [0.4, 0.5) is 5.69 Å². The molecule has 1 aliphatic carbocycles. The number of hydrogen-bond acceptors (Lipinski definition) is 4. The molecular formula is C18H18N2O4. The van der Waals surface area contributed by atoms with Gasteiger partial charge in [0.15, 0.2) is 12.4 Å². The van der Waals surface area contributed by atoms with Gasteiger partial charge < -0.3 is 9.64 Å². The molecule has 0 saturated heterocycles. The Labute approximate surface area is 139 Å². The van der Waals surface area contributed by atoms with E-state index in [1.54, 1.807) is 24.1 Å². The lowest BCUT2D eigenvalue weighted by molar-refractivity contribution is -0.385. The van der Waals surface area contributed by atoms with Crippen LogP contribution < -0.4 is 4.74 Å². The van der Waals surface area contributed by atoms with Gasteiger partial charge in [0, 0.05) is 13.1 Å². The standard InChI is InChI=1S/C18H18N2O4/c1-19(15-11-10-13-6-2-3-7-14(13)15)18(21)12-24-17-9-5-4-8-16(17)20(22)23/h2-9,15H,10-12H2,1H3. The Morgan fingerprint density at radius 3 is 2.75 bits per heavy atom. The van der Waals surface area contributed by atoms with E-state index in [1.807, 2.05) is 18.2 Å². The van der Waals surface area contributed by atoms with Crippen LogP contribution in [0.5, 0.6) is 5.75 Å². The van der Waals surface area contributed by atoms with Gasteiger partial charge >= 0.3 is 5.69 Å². The van der Waals surface area contributed by atoms with E-state index in [-0.39, 0.29) is 30.0 Å². The van der Waals surface area contributed by atoms with Gasteiger partial charge in [-0.15, -0.1) is 0 Å². The quantitative estimate of drug-likeness (QED) is 0.625. The van der Waals surface area contributed by atoms with Crippen molar-refractivity contribution in [3.05, 3.63) is 69.8 Å². The van der Waals surface area contributed by atoms with Crippen molar-refractivity contribution in [2.45, 2.75) is 18.9 Å². The number of aryl methyl sites for hydroxylation is 1. The van der Waals surface area contributed by atoms with Gasteiger partial charge in [-0.2, -0.15) is 0 Å². The summed E-state index contributed by atoms with van der Waals surface area (Å²) in [7, 11) is 1.75. The Hall–Kier alpha value is -2.89. The largest absolute Gasteiger partial charge is 0.477 e. The van der Waals surface area contributed by atoms with E-state index >= 15 is 0 Å². The molecule has 0 radical (unpaired) electrons. The van der Waals surface area contributed by atoms with Crippen LogP contribution in [0.15, 0.2) is 48.5 Å². The Morgan fingerprint density at radius 1 is 1.25 bits per heavy atom. The van der Waals surface area contributed by atoms with Gasteiger partial charge in [-0.1, -0.05) is 36.4 Å². The fourth-order valence-electron chi connectivity index (χ4n) is 3.08. The molecular weight excluding hydrogens is 308 g/mol. The normalized spacial score (nSPS) is 15.6. The van der Waals surface area contributed by atoms with E-state index in [2.05, 4.69) is 6.07 Å². The second-order valence-electron chi connectivity index (χ2n) is 5.77. The van der Waals surface area contributed by atoms with Crippen LogP contribution >= 0.6 is 0 Å². The summed E-state index contributed by atoms with van der Waals surface area (Å²) in [6.45, 7) is -0.222. The van der Waals surface area contributed by atoms with Crippen molar-refractivity contribution in [2.24, 2.45) is 0 Å². The first-order valence-electron chi connectivity index (χ1n) is 7.77. The predicted molar refractivity (Wildman–Crippen MR) is 88.9 cm³/mol. The van der Waals surface area contributed by atoms with Crippen LogP contribution in [-0.4, -0.2) is 29.4 Å². The van der Waals surface area contributed by atoms with Crippen LogP contribution in [0.25, 0.3) is 0 Å². The van der Waals surface area contributed by atoms with Crippen molar-refractivity contribution in [1.29, 1.82) is 0 Å². The van der Waals surface area contributed by atoms with Gasteiger partial charge in [0.25, 0.3) is 5.91 Å². The monoisotopic (exact) mass is 326 g/mol. The Morgan fingerprint density at radius 2 is 1.96 bits per heavy atom. The second-order valence-corrected chi connectivity index (χ2v) is 5.77. The molecule has 1 aliphatic rings.